The highest BCUT2D eigenvalue weighted by Crippen LogP contribution is 2.27. The molecule has 2 rings (SSSR count). The molecule has 1 aromatic rings. The van der Waals surface area contributed by atoms with E-state index in [2.05, 4.69) is 50.8 Å². The standard InChI is InChI=1S/C18H29BrN4O2/c1-11(2)16-15(19)17(22-21-16)18(24)20-10-13(23(3)4)12-8-6-7-9-14(12)25-5/h6-9,11,13,15-17,21-22H,10H2,1-5H3,(H,20,24). The first kappa shape index (κ1) is 20.2. The van der Waals surface area contributed by atoms with Crippen molar-refractivity contribution in [1.29, 1.82) is 0 Å². The van der Waals surface area contributed by atoms with Crippen LogP contribution in [0.4, 0.5) is 0 Å². The fourth-order valence-corrected chi connectivity index (χ4v) is 4.23. The maximum atomic E-state index is 12.6. The van der Waals surface area contributed by atoms with Crippen molar-refractivity contribution in [3.8, 4) is 5.75 Å². The van der Waals surface area contributed by atoms with Gasteiger partial charge in [-0.05, 0) is 26.1 Å². The van der Waals surface area contributed by atoms with Gasteiger partial charge in [0.1, 0.15) is 11.8 Å². The molecule has 0 bridgehead atoms. The summed E-state index contributed by atoms with van der Waals surface area (Å²) in [4.78, 5) is 14.8. The minimum atomic E-state index is -0.298. The molecule has 4 unspecified atom stereocenters. The minimum Gasteiger partial charge on any atom is -0.496 e. The van der Waals surface area contributed by atoms with Crippen molar-refractivity contribution in [3.63, 3.8) is 0 Å². The van der Waals surface area contributed by atoms with Crippen molar-refractivity contribution in [2.24, 2.45) is 5.92 Å². The molecule has 25 heavy (non-hydrogen) atoms. The summed E-state index contributed by atoms with van der Waals surface area (Å²) in [5, 5.41) is 3.08. The number of methoxy groups -OCH3 is 1. The van der Waals surface area contributed by atoms with Gasteiger partial charge in [0.05, 0.1) is 18.0 Å². The summed E-state index contributed by atoms with van der Waals surface area (Å²) in [6, 6.07) is 7.86. The number of amides is 1. The number of likely N-dealkylation sites (N-methyl/N-ethyl adjacent to an activating group) is 1. The molecular formula is C18H29BrN4O2. The van der Waals surface area contributed by atoms with Crippen LogP contribution in [0.25, 0.3) is 0 Å². The van der Waals surface area contributed by atoms with Gasteiger partial charge in [0.15, 0.2) is 0 Å². The van der Waals surface area contributed by atoms with Crippen LogP contribution < -0.4 is 20.9 Å². The van der Waals surface area contributed by atoms with Crippen LogP contribution in [0.15, 0.2) is 24.3 Å². The highest BCUT2D eigenvalue weighted by molar-refractivity contribution is 9.09. The van der Waals surface area contributed by atoms with Crippen LogP contribution in [0.2, 0.25) is 0 Å². The predicted octanol–water partition coefficient (Wildman–Crippen LogP) is 1.68. The summed E-state index contributed by atoms with van der Waals surface area (Å²) in [6.45, 7) is 4.78. The van der Waals surface area contributed by atoms with Crippen LogP contribution >= 0.6 is 15.9 Å². The van der Waals surface area contributed by atoms with Crippen molar-refractivity contribution in [2.45, 2.75) is 36.8 Å². The van der Waals surface area contributed by atoms with Gasteiger partial charge in [0.2, 0.25) is 5.91 Å². The van der Waals surface area contributed by atoms with Gasteiger partial charge in [0, 0.05) is 18.2 Å². The van der Waals surface area contributed by atoms with E-state index >= 15 is 0 Å². The number of hydrogen-bond acceptors (Lipinski definition) is 5. The number of ether oxygens (including phenoxy) is 1. The summed E-state index contributed by atoms with van der Waals surface area (Å²) in [6.07, 6.45) is 0. The third-order valence-electron chi connectivity index (χ3n) is 4.66. The number of halogens is 1. The first-order chi connectivity index (χ1) is 11.9. The zero-order chi connectivity index (χ0) is 18.6. The number of hydrazine groups is 1. The Morgan fingerprint density at radius 1 is 1.32 bits per heavy atom. The number of alkyl halides is 1. The molecule has 4 atom stereocenters. The number of nitrogens with one attached hydrogen (secondary N) is 3. The van der Waals surface area contributed by atoms with Gasteiger partial charge >= 0.3 is 0 Å². The lowest BCUT2D eigenvalue weighted by Crippen LogP contribution is -2.48. The summed E-state index contributed by atoms with van der Waals surface area (Å²) in [7, 11) is 5.67. The third-order valence-corrected chi connectivity index (χ3v) is 5.76. The van der Waals surface area contributed by atoms with E-state index in [-0.39, 0.29) is 28.9 Å². The number of carbonyl (C=O) groups excluding carboxylic acids is 1. The van der Waals surface area contributed by atoms with Gasteiger partial charge in [-0.3, -0.25) is 10.2 Å². The normalized spacial score (nSPS) is 24.6. The zero-order valence-corrected chi connectivity index (χ0v) is 17.1. The molecule has 3 N–H and O–H groups in total. The number of para-hydroxylation sites is 1. The van der Waals surface area contributed by atoms with Crippen molar-refractivity contribution >= 4 is 21.8 Å². The summed E-state index contributed by atoms with van der Waals surface area (Å²) >= 11 is 3.66. The van der Waals surface area contributed by atoms with E-state index in [1.54, 1.807) is 7.11 Å². The fourth-order valence-electron chi connectivity index (χ4n) is 3.12. The number of benzene rings is 1. The lowest BCUT2D eigenvalue weighted by Gasteiger charge is -2.27. The van der Waals surface area contributed by atoms with Gasteiger partial charge < -0.3 is 15.0 Å². The molecule has 1 fully saturated rings. The van der Waals surface area contributed by atoms with E-state index in [1.807, 2.05) is 38.4 Å². The van der Waals surface area contributed by atoms with Gasteiger partial charge in [0.25, 0.3) is 0 Å². The molecule has 1 amide bonds. The molecule has 0 spiro atoms. The Kier molecular flexibility index (Phi) is 7.25. The molecule has 7 heteroatoms. The highest BCUT2D eigenvalue weighted by Gasteiger charge is 2.39. The van der Waals surface area contributed by atoms with Gasteiger partial charge in [-0.15, -0.1) is 0 Å². The van der Waals surface area contributed by atoms with Crippen molar-refractivity contribution in [2.75, 3.05) is 27.7 Å². The fraction of sp³-hybridized carbons (Fsp3) is 0.611. The molecule has 0 aliphatic carbocycles. The predicted molar refractivity (Wildman–Crippen MR) is 104 cm³/mol. The maximum absolute atomic E-state index is 12.6. The topological polar surface area (TPSA) is 65.6 Å². The number of nitrogens with zero attached hydrogens (tertiary/aromatic N) is 1. The molecule has 0 radical (unpaired) electrons. The van der Waals surface area contributed by atoms with E-state index in [0.717, 1.165) is 11.3 Å². The molecule has 1 saturated heterocycles. The molecule has 0 aromatic heterocycles. The molecule has 0 saturated carbocycles. The molecule has 1 heterocycles. The first-order valence-corrected chi connectivity index (χ1v) is 9.50. The average Bonchev–Trinajstić information content (AvgIpc) is 2.96. The monoisotopic (exact) mass is 412 g/mol. The molecule has 1 aromatic carbocycles. The van der Waals surface area contributed by atoms with E-state index in [4.69, 9.17) is 4.74 Å². The van der Waals surface area contributed by atoms with Crippen molar-refractivity contribution in [1.82, 2.24) is 21.1 Å². The van der Waals surface area contributed by atoms with Crippen LogP contribution in [-0.4, -0.2) is 55.5 Å². The molecule has 1 aliphatic rings. The Morgan fingerprint density at radius 3 is 2.56 bits per heavy atom. The van der Waals surface area contributed by atoms with Crippen LogP contribution in [0.5, 0.6) is 5.75 Å². The Balaban J connectivity index is 2.03. The Morgan fingerprint density at radius 2 is 2.00 bits per heavy atom. The summed E-state index contributed by atoms with van der Waals surface area (Å²) in [5.41, 5.74) is 7.37. The number of rotatable bonds is 7. The number of carbonyl (C=O) groups is 1. The average molecular weight is 413 g/mol. The Labute approximate surface area is 158 Å². The lowest BCUT2D eigenvalue weighted by molar-refractivity contribution is -0.123. The second-order valence-corrected chi connectivity index (χ2v) is 8.00. The summed E-state index contributed by atoms with van der Waals surface area (Å²) < 4.78 is 5.47. The van der Waals surface area contributed by atoms with Gasteiger partial charge in [-0.1, -0.05) is 48.0 Å². The molecule has 1 aliphatic heterocycles. The Bertz CT molecular complexity index is 582. The maximum Gasteiger partial charge on any atom is 0.239 e. The largest absolute Gasteiger partial charge is 0.496 e. The lowest BCUT2D eigenvalue weighted by atomic mass is 9.99. The second-order valence-electron chi connectivity index (χ2n) is 6.95. The SMILES string of the molecule is COc1ccccc1C(CNC(=O)C1NNC(C(C)C)C1Br)N(C)C. The van der Waals surface area contributed by atoms with E-state index in [9.17, 15) is 4.79 Å². The van der Waals surface area contributed by atoms with Crippen molar-refractivity contribution in [3.05, 3.63) is 29.8 Å². The quantitative estimate of drug-likeness (QED) is 0.594. The van der Waals surface area contributed by atoms with Gasteiger partial charge in [-0.2, -0.15) is 0 Å². The van der Waals surface area contributed by atoms with E-state index < -0.39 is 0 Å². The number of hydrogen-bond donors (Lipinski definition) is 3. The smallest absolute Gasteiger partial charge is 0.239 e. The molecule has 140 valence electrons. The summed E-state index contributed by atoms with van der Waals surface area (Å²) in [5.74, 6) is 1.24. The second kappa shape index (κ2) is 8.98. The van der Waals surface area contributed by atoms with E-state index in [0.29, 0.717) is 12.5 Å². The van der Waals surface area contributed by atoms with Crippen LogP contribution in [0, 0.1) is 5.92 Å². The van der Waals surface area contributed by atoms with Crippen LogP contribution in [-0.2, 0) is 4.79 Å². The van der Waals surface area contributed by atoms with Gasteiger partial charge in [-0.25, -0.2) is 5.43 Å². The molecular weight excluding hydrogens is 384 g/mol. The van der Waals surface area contributed by atoms with Crippen LogP contribution in [0.1, 0.15) is 25.5 Å². The molecule has 6 nitrogen and oxygen atoms in total. The van der Waals surface area contributed by atoms with Crippen molar-refractivity contribution < 1.29 is 9.53 Å². The Hall–Kier alpha value is -1.15. The minimum absolute atomic E-state index is 0.0146. The highest BCUT2D eigenvalue weighted by atomic mass is 79.9. The zero-order valence-electron chi connectivity index (χ0n) is 15.5. The third kappa shape index (κ3) is 4.73. The van der Waals surface area contributed by atoms with E-state index in [1.165, 1.54) is 0 Å². The first-order valence-electron chi connectivity index (χ1n) is 8.59. The van der Waals surface area contributed by atoms with Crippen LogP contribution in [0.3, 0.4) is 0 Å².